The Kier molecular flexibility index (Phi) is 34.8. The van der Waals surface area contributed by atoms with Crippen LogP contribution in [0, 0.1) is 0 Å². The van der Waals surface area contributed by atoms with Gasteiger partial charge in [-0.2, -0.15) is 0 Å². The molecule has 0 aromatic rings. The molecule has 0 saturated carbocycles. The Balaban J connectivity index is 4.56. The third kappa shape index (κ3) is 35.9. The maximum atomic E-state index is 12.6. The predicted molar refractivity (Wildman–Crippen MR) is 217 cm³/mol. The Morgan fingerprint density at radius 1 is 0.593 bits per heavy atom. The summed E-state index contributed by atoms with van der Waals surface area (Å²) in [6.07, 6.45) is 42.7. The molecule has 0 aromatic heterocycles. The summed E-state index contributed by atoms with van der Waals surface area (Å²) >= 11 is 0. The van der Waals surface area contributed by atoms with Gasteiger partial charge in [-0.15, -0.1) is 0 Å². The summed E-state index contributed by atoms with van der Waals surface area (Å²) < 4.78 is 32.5. The number of ether oxygens (including phenoxy) is 2. The van der Waals surface area contributed by atoms with Crippen molar-refractivity contribution in [1.82, 2.24) is 0 Å². The van der Waals surface area contributed by atoms with Crippen molar-refractivity contribution in [3.8, 4) is 0 Å². The van der Waals surface area contributed by atoms with Gasteiger partial charge in [0.2, 0.25) is 0 Å². The third-order valence-corrected chi connectivity index (χ3v) is 8.89. The van der Waals surface area contributed by atoms with Crippen molar-refractivity contribution in [2.75, 3.05) is 19.8 Å². The van der Waals surface area contributed by atoms with Gasteiger partial charge in [0.1, 0.15) is 12.6 Å². The lowest BCUT2D eigenvalue weighted by atomic mass is 10.1. The van der Waals surface area contributed by atoms with Crippen molar-refractivity contribution in [1.29, 1.82) is 0 Å². The summed E-state index contributed by atoms with van der Waals surface area (Å²) in [6.45, 7) is 2.58. The van der Waals surface area contributed by atoms with Crippen LogP contribution < -0.4 is 5.73 Å². The zero-order chi connectivity index (χ0) is 40.0. The van der Waals surface area contributed by atoms with Crippen LogP contribution in [0.3, 0.4) is 0 Å². The molecular weight excluding hydrogens is 709 g/mol. The topological polar surface area (TPSA) is 172 Å². The van der Waals surface area contributed by atoms with Crippen LogP contribution in [-0.2, 0) is 37.5 Å². The van der Waals surface area contributed by atoms with Crippen molar-refractivity contribution in [3.63, 3.8) is 0 Å². The Bertz CT molecular complexity index is 1190. The highest BCUT2D eigenvalue weighted by Crippen LogP contribution is 2.43. The number of allylic oxidation sites excluding steroid dienone is 12. The molecular formula is C42H70NO10P. The van der Waals surface area contributed by atoms with E-state index in [2.05, 4.69) is 91.3 Å². The molecule has 0 aliphatic rings. The molecule has 0 amide bonds. The van der Waals surface area contributed by atoms with Crippen LogP contribution in [-0.4, -0.2) is 59.9 Å². The lowest BCUT2D eigenvalue weighted by molar-refractivity contribution is -0.161. The van der Waals surface area contributed by atoms with Crippen LogP contribution in [0.15, 0.2) is 72.9 Å². The fourth-order valence-electron chi connectivity index (χ4n) is 4.79. The van der Waals surface area contributed by atoms with E-state index in [0.29, 0.717) is 12.8 Å². The van der Waals surface area contributed by atoms with Crippen molar-refractivity contribution >= 4 is 25.7 Å². The third-order valence-electron chi connectivity index (χ3n) is 7.94. The lowest BCUT2D eigenvalue weighted by Gasteiger charge is -2.20. The number of carbonyl (C=O) groups is 3. The van der Waals surface area contributed by atoms with Gasteiger partial charge < -0.3 is 25.2 Å². The number of hydrogen-bond acceptors (Lipinski definition) is 9. The van der Waals surface area contributed by atoms with E-state index in [4.69, 9.17) is 24.8 Å². The standard InChI is InChI=1S/C42H70NO10P/c1-3-5-7-9-11-13-15-17-19-21-23-25-27-29-31-33-40(44)50-35-38(36-51-54(48,49)52-37-39(43)42(46)47)53-41(45)34-32-30-28-26-24-22-20-18-16-14-12-10-8-6-4-2/h5,7,11,13,17-20,23-26,38-39H,3-4,6,8-10,12,14-16,21-22,27-37,43H2,1-2H3,(H,46,47)(H,48,49)/b7-5+,13-11+,19-17+,20-18+,25-23+,26-24+/t38-,39+/m1/s1. The number of carboxylic acids is 1. The number of esters is 2. The summed E-state index contributed by atoms with van der Waals surface area (Å²) in [5.74, 6) is -2.49. The van der Waals surface area contributed by atoms with E-state index in [-0.39, 0.29) is 19.4 Å². The van der Waals surface area contributed by atoms with Crippen LogP contribution in [0.2, 0.25) is 0 Å². The van der Waals surface area contributed by atoms with Gasteiger partial charge in [-0.05, 0) is 83.5 Å². The van der Waals surface area contributed by atoms with Crippen LogP contribution in [0.1, 0.15) is 142 Å². The minimum atomic E-state index is -4.73. The first-order chi connectivity index (χ1) is 26.1. The quantitative estimate of drug-likeness (QED) is 0.0239. The zero-order valence-corrected chi connectivity index (χ0v) is 33.9. The van der Waals surface area contributed by atoms with Gasteiger partial charge in [0.05, 0.1) is 13.2 Å². The number of aliphatic carboxylic acids is 1. The molecule has 0 saturated heterocycles. The molecule has 3 atom stereocenters. The van der Waals surface area contributed by atoms with E-state index >= 15 is 0 Å². The highest BCUT2D eigenvalue weighted by Gasteiger charge is 2.28. The predicted octanol–water partition coefficient (Wildman–Crippen LogP) is 10.2. The number of rotatable bonds is 36. The van der Waals surface area contributed by atoms with Crippen LogP contribution in [0.4, 0.5) is 0 Å². The monoisotopic (exact) mass is 779 g/mol. The second-order valence-electron chi connectivity index (χ2n) is 13.0. The first-order valence-electron chi connectivity index (χ1n) is 20.0. The highest BCUT2D eigenvalue weighted by atomic mass is 31.2. The van der Waals surface area contributed by atoms with Crippen molar-refractivity contribution in [2.45, 2.75) is 154 Å². The molecule has 4 N–H and O–H groups in total. The SMILES string of the molecule is CC/C=C/C/C=C/C/C=C/C/C=C/CCCCC(=O)OC[C@H](COP(=O)(O)OC[C@H](N)C(=O)O)OC(=O)CCCC/C=C/C/C=C/CCCCCCCC. The summed E-state index contributed by atoms with van der Waals surface area (Å²) in [7, 11) is -4.73. The number of carbonyl (C=O) groups excluding carboxylic acids is 2. The van der Waals surface area contributed by atoms with Gasteiger partial charge in [0.15, 0.2) is 6.10 Å². The van der Waals surface area contributed by atoms with E-state index in [0.717, 1.165) is 64.2 Å². The fraction of sp³-hybridized carbons (Fsp3) is 0.643. The molecule has 0 bridgehead atoms. The van der Waals surface area contributed by atoms with Gasteiger partial charge in [0.25, 0.3) is 0 Å². The zero-order valence-electron chi connectivity index (χ0n) is 33.0. The number of carboxylic acid groups (broad SMARTS) is 1. The maximum Gasteiger partial charge on any atom is 0.472 e. The number of phosphoric acid groups is 1. The molecule has 54 heavy (non-hydrogen) atoms. The largest absolute Gasteiger partial charge is 0.480 e. The molecule has 12 heteroatoms. The molecule has 11 nitrogen and oxygen atoms in total. The molecule has 0 fully saturated rings. The maximum absolute atomic E-state index is 12.6. The van der Waals surface area contributed by atoms with Crippen LogP contribution >= 0.6 is 7.82 Å². The fourth-order valence-corrected chi connectivity index (χ4v) is 5.57. The normalized spacial score (nSPS) is 14.6. The van der Waals surface area contributed by atoms with E-state index in [1.165, 1.54) is 38.5 Å². The summed E-state index contributed by atoms with van der Waals surface area (Å²) in [4.78, 5) is 45.8. The Morgan fingerprint density at radius 3 is 1.56 bits per heavy atom. The minimum Gasteiger partial charge on any atom is -0.480 e. The van der Waals surface area contributed by atoms with Crippen LogP contribution in [0.5, 0.6) is 0 Å². The van der Waals surface area contributed by atoms with Crippen LogP contribution in [0.25, 0.3) is 0 Å². The Morgan fingerprint density at radius 2 is 1.04 bits per heavy atom. The van der Waals surface area contributed by atoms with Gasteiger partial charge >= 0.3 is 25.7 Å². The Hall–Kier alpha value is -3.08. The number of phosphoric ester groups is 1. The van der Waals surface area contributed by atoms with E-state index in [1.54, 1.807) is 0 Å². The molecule has 308 valence electrons. The van der Waals surface area contributed by atoms with Crippen molar-refractivity contribution in [3.05, 3.63) is 72.9 Å². The molecule has 0 heterocycles. The minimum absolute atomic E-state index is 0.106. The van der Waals surface area contributed by atoms with Gasteiger partial charge in [-0.1, -0.05) is 119 Å². The first-order valence-corrected chi connectivity index (χ1v) is 21.5. The second kappa shape index (κ2) is 36.9. The average Bonchev–Trinajstić information content (AvgIpc) is 3.14. The molecule has 0 rings (SSSR count). The number of hydrogen-bond donors (Lipinski definition) is 3. The molecule has 0 aliphatic carbocycles. The van der Waals surface area contributed by atoms with Crippen molar-refractivity contribution < 1.29 is 47.5 Å². The first kappa shape index (κ1) is 50.9. The summed E-state index contributed by atoms with van der Waals surface area (Å²) in [6, 6.07) is -1.53. The summed E-state index contributed by atoms with van der Waals surface area (Å²) in [5.41, 5.74) is 5.32. The van der Waals surface area contributed by atoms with Crippen molar-refractivity contribution in [2.24, 2.45) is 5.73 Å². The van der Waals surface area contributed by atoms with E-state index in [1.807, 2.05) is 0 Å². The second-order valence-corrected chi connectivity index (χ2v) is 14.5. The molecule has 0 aromatic carbocycles. The Labute approximate surface area is 325 Å². The number of unbranched alkanes of at least 4 members (excludes halogenated alkanes) is 10. The van der Waals surface area contributed by atoms with Gasteiger partial charge in [0, 0.05) is 12.8 Å². The molecule has 0 spiro atoms. The summed E-state index contributed by atoms with van der Waals surface area (Å²) in [5, 5.41) is 8.87. The smallest absolute Gasteiger partial charge is 0.472 e. The molecule has 0 aliphatic heterocycles. The highest BCUT2D eigenvalue weighted by molar-refractivity contribution is 7.47. The lowest BCUT2D eigenvalue weighted by Crippen LogP contribution is -2.34. The van der Waals surface area contributed by atoms with E-state index in [9.17, 15) is 23.8 Å². The van der Waals surface area contributed by atoms with E-state index < -0.39 is 51.1 Å². The number of nitrogens with two attached hydrogens (primary N) is 1. The molecule has 1 unspecified atom stereocenters. The average molecular weight is 780 g/mol. The van der Waals surface area contributed by atoms with Gasteiger partial charge in [-0.25, -0.2) is 4.57 Å². The van der Waals surface area contributed by atoms with Gasteiger partial charge in [-0.3, -0.25) is 23.4 Å². The molecule has 0 radical (unpaired) electrons.